The molecule has 1 fully saturated rings. The van der Waals surface area contributed by atoms with E-state index in [-0.39, 0.29) is 17.4 Å². The Morgan fingerprint density at radius 2 is 1.41 bits per heavy atom. The Morgan fingerprint density at radius 3 is 1.95 bits per heavy atom. The zero-order valence-electron chi connectivity index (χ0n) is 20.9. The summed E-state index contributed by atoms with van der Waals surface area (Å²) in [6.07, 6.45) is 1.12. The van der Waals surface area contributed by atoms with Crippen molar-refractivity contribution in [2.24, 2.45) is 0 Å². The summed E-state index contributed by atoms with van der Waals surface area (Å²) in [5, 5.41) is 20.5. The highest BCUT2D eigenvalue weighted by Crippen LogP contribution is 2.26. The highest BCUT2D eigenvalue weighted by molar-refractivity contribution is 6.06. The van der Waals surface area contributed by atoms with Crippen molar-refractivity contribution in [3.8, 4) is 22.6 Å². The fraction of sp³-hybridized carbons (Fsp3) is 0.207. The van der Waals surface area contributed by atoms with Crippen LogP contribution >= 0.6 is 0 Å². The molecule has 3 N–H and O–H groups in total. The molecule has 0 atom stereocenters. The first-order valence-corrected chi connectivity index (χ1v) is 12.0. The van der Waals surface area contributed by atoms with Gasteiger partial charge in [-0.05, 0) is 54.4 Å². The van der Waals surface area contributed by atoms with Gasteiger partial charge in [0.2, 0.25) is 11.7 Å². The number of ether oxygens (including phenoxy) is 1. The van der Waals surface area contributed by atoms with Crippen LogP contribution in [-0.2, 0) is 9.59 Å². The van der Waals surface area contributed by atoms with Crippen molar-refractivity contribution < 1.29 is 19.4 Å². The van der Waals surface area contributed by atoms with Crippen molar-refractivity contribution in [1.29, 1.82) is 5.41 Å². The molecule has 3 aromatic rings. The highest BCUT2D eigenvalue weighted by atomic mass is 16.5. The Balaban J connectivity index is 1.62. The van der Waals surface area contributed by atoms with Gasteiger partial charge in [0, 0.05) is 45.0 Å². The Morgan fingerprint density at radius 1 is 0.865 bits per heavy atom. The number of nitrogens with one attached hydrogen (secondary N) is 2. The monoisotopic (exact) mass is 498 g/mol. The van der Waals surface area contributed by atoms with Crippen molar-refractivity contribution in [3.05, 3.63) is 89.8 Å². The smallest absolute Gasteiger partial charge is 0.293 e. The molecule has 1 saturated heterocycles. The zero-order chi connectivity index (χ0) is 26.4. The van der Waals surface area contributed by atoms with Crippen LogP contribution in [0.5, 0.6) is 11.5 Å². The number of rotatable bonds is 7. The molecule has 1 heterocycles. The number of aryl methyl sites for hydroxylation is 1. The fourth-order valence-electron chi connectivity index (χ4n) is 4.09. The number of aromatic hydroxyl groups is 1. The SMILES string of the molecule is CC(=O)N1CCN(/C(C=N)=C(\Oc2ccc(-c3ccc(O)cc3)cc2)C(=O)Nc2ccc(C)cc2)CC1. The van der Waals surface area contributed by atoms with Crippen molar-refractivity contribution in [2.45, 2.75) is 13.8 Å². The summed E-state index contributed by atoms with van der Waals surface area (Å²) < 4.78 is 6.12. The third-order valence-corrected chi connectivity index (χ3v) is 6.23. The van der Waals surface area contributed by atoms with Gasteiger partial charge < -0.3 is 30.4 Å². The van der Waals surface area contributed by atoms with Gasteiger partial charge in [-0.15, -0.1) is 0 Å². The first-order valence-electron chi connectivity index (χ1n) is 12.0. The first kappa shape index (κ1) is 25.5. The number of anilines is 1. The standard InChI is InChI=1S/C29H30N4O4/c1-20-3-9-24(10-4-20)31-29(36)28(27(19-30)33-17-15-32(16-18-33)21(2)34)37-26-13-7-23(8-14-26)22-5-11-25(35)12-6-22/h3-14,19,30,35H,15-18H2,1-2H3,(H,31,36)/b28-27-,30-19?. The molecule has 0 saturated carbocycles. The summed E-state index contributed by atoms with van der Waals surface area (Å²) >= 11 is 0. The summed E-state index contributed by atoms with van der Waals surface area (Å²) in [6.45, 7) is 5.47. The van der Waals surface area contributed by atoms with Gasteiger partial charge in [-0.25, -0.2) is 0 Å². The highest BCUT2D eigenvalue weighted by Gasteiger charge is 2.26. The topological polar surface area (TPSA) is 106 Å². The quantitative estimate of drug-likeness (QED) is 0.254. The molecule has 3 aromatic carbocycles. The van der Waals surface area contributed by atoms with Crippen molar-refractivity contribution >= 4 is 23.7 Å². The van der Waals surface area contributed by atoms with Gasteiger partial charge in [0.25, 0.3) is 5.91 Å². The molecule has 4 rings (SSSR count). The van der Waals surface area contributed by atoms with E-state index in [1.807, 2.05) is 60.4 Å². The molecule has 2 amide bonds. The molecule has 190 valence electrons. The maximum Gasteiger partial charge on any atom is 0.293 e. The number of phenols is 1. The lowest BCUT2D eigenvalue weighted by Crippen LogP contribution is -2.48. The van der Waals surface area contributed by atoms with E-state index in [4.69, 9.17) is 10.1 Å². The molecule has 0 aliphatic carbocycles. The summed E-state index contributed by atoms with van der Waals surface area (Å²) in [5.41, 5.74) is 3.89. The lowest BCUT2D eigenvalue weighted by atomic mass is 10.1. The van der Waals surface area contributed by atoms with Gasteiger partial charge in [-0.3, -0.25) is 9.59 Å². The van der Waals surface area contributed by atoms with Gasteiger partial charge in [0.1, 0.15) is 17.2 Å². The fourth-order valence-corrected chi connectivity index (χ4v) is 4.09. The van der Waals surface area contributed by atoms with Crippen LogP contribution in [0.1, 0.15) is 12.5 Å². The largest absolute Gasteiger partial charge is 0.508 e. The second-order valence-corrected chi connectivity index (χ2v) is 8.85. The van der Waals surface area contributed by atoms with Crippen molar-refractivity contribution in [1.82, 2.24) is 9.80 Å². The van der Waals surface area contributed by atoms with Crippen LogP contribution in [0, 0.1) is 12.3 Å². The first-order chi connectivity index (χ1) is 17.8. The minimum absolute atomic E-state index is 0.00217. The molecule has 0 radical (unpaired) electrons. The lowest BCUT2D eigenvalue weighted by Gasteiger charge is -2.36. The number of carbonyl (C=O) groups excluding carboxylic acids is 2. The number of carbonyl (C=O) groups is 2. The average molecular weight is 499 g/mol. The van der Waals surface area contributed by atoms with Crippen LogP contribution in [-0.4, -0.2) is 59.1 Å². The van der Waals surface area contributed by atoms with Gasteiger partial charge in [0.05, 0.1) is 0 Å². The minimum atomic E-state index is -0.473. The summed E-state index contributed by atoms with van der Waals surface area (Å²) in [5.74, 6) is 0.172. The number of amides is 2. The number of benzene rings is 3. The van der Waals surface area contributed by atoms with E-state index < -0.39 is 5.91 Å². The number of nitrogens with zero attached hydrogens (tertiary/aromatic N) is 2. The number of hydrogen-bond donors (Lipinski definition) is 3. The maximum atomic E-state index is 13.4. The predicted molar refractivity (Wildman–Crippen MR) is 144 cm³/mol. The molecule has 8 heteroatoms. The van der Waals surface area contributed by atoms with Crippen LogP contribution in [0.15, 0.2) is 84.3 Å². The van der Waals surface area contributed by atoms with Gasteiger partial charge >= 0.3 is 0 Å². The molecular formula is C29H30N4O4. The van der Waals surface area contributed by atoms with E-state index in [0.717, 1.165) is 22.9 Å². The van der Waals surface area contributed by atoms with Crippen molar-refractivity contribution in [3.63, 3.8) is 0 Å². The van der Waals surface area contributed by atoms with Crippen molar-refractivity contribution in [2.75, 3.05) is 31.5 Å². The van der Waals surface area contributed by atoms with Crippen LogP contribution in [0.25, 0.3) is 11.1 Å². The molecule has 8 nitrogen and oxygen atoms in total. The Hall–Kier alpha value is -4.59. The van der Waals surface area contributed by atoms with E-state index in [0.29, 0.717) is 43.3 Å². The van der Waals surface area contributed by atoms with Gasteiger partial charge in [-0.1, -0.05) is 42.0 Å². The van der Waals surface area contributed by atoms with E-state index >= 15 is 0 Å². The molecular weight excluding hydrogens is 468 g/mol. The zero-order valence-corrected chi connectivity index (χ0v) is 20.9. The summed E-state index contributed by atoms with van der Waals surface area (Å²) in [6, 6.07) is 21.6. The minimum Gasteiger partial charge on any atom is -0.508 e. The normalized spacial score (nSPS) is 14.0. The molecule has 0 unspecified atom stereocenters. The number of allylic oxidation sites excluding steroid dienone is 1. The third kappa shape index (κ3) is 6.35. The van der Waals surface area contributed by atoms with Crippen LogP contribution < -0.4 is 10.1 Å². The summed E-state index contributed by atoms with van der Waals surface area (Å²) in [7, 11) is 0. The number of phenolic OH excluding ortho intramolecular Hbond substituents is 1. The molecule has 1 aliphatic rings. The number of piperazine rings is 1. The third-order valence-electron chi connectivity index (χ3n) is 6.23. The second kappa shape index (κ2) is 11.4. The second-order valence-electron chi connectivity index (χ2n) is 8.85. The van der Waals surface area contributed by atoms with Gasteiger partial charge in [0.15, 0.2) is 0 Å². The Bertz CT molecular complexity index is 1290. The van der Waals surface area contributed by atoms with E-state index in [1.54, 1.807) is 29.2 Å². The molecule has 0 spiro atoms. The molecule has 37 heavy (non-hydrogen) atoms. The lowest BCUT2D eigenvalue weighted by molar-refractivity contribution is -0.130. The molecule has 0 aromatic heterocycles. The van der Waals surface area contributed by atoms with Crippen LogP contribution in [0.3, 0.4) is 0 Å². The molecule has 0 bridgehead atoms. The Labute approximate surface area is 216 Å². The predicted octanol–water partition coefficient (Wildman–Crippen LogP) is 4.41. The van der Waals surface area contributed by atoms with Crippen LogP contribution in [0.2, 0.25) is 0 Å². The molecule has 1 aliphatic heterocycles. The van der Waals surface area contributed by atoms with Crippen LogP contribution in [0.4, 0.5) is 5.69 Å². The maximum absolute atomic E-state index is 13.4. The van der Waals surface area contributed by atoms with E-state index in [9.17, 15) is 14.7 Å². The van der Waals surface area contributed by atoms with E-state index in [1.165, 1.54) is 6.92 Å². The number of hydrogen-bond acceptors (Lipinski definition) is 6. The van der Waals surface area contributed by atoms with E-state index in [2.05, 4.69) is 5.32 Å². The average Bonchev–Trinajstić information content (AvgIpc) is 2.91. The summed E-state index contributed by atoms with van der Waals surface area (Å²) in [4.78, 5) is 28.8. The van der Waals surface area contributed by atoms with Gasteiger partial charge in [-0.2, -0.15) is 0 Å². The Kier molecular flexibility index (Phi) is 7.88.